The lowest BCUT2D eigenvalue weighted by molar-refractivity contribution is 0.0760. The van der Waals surface area contributed by atoms with Gasteiger partial charge in [0.1, 0.15) is 5.15 Å². The Kier molecular flexibility index (Phi) is 5.26. The van der Waals surface area contributed by atoms with Crippen LogP contribution < -0.4 is 0 Å². The van der Waals surface area contributed by atoms with Gasteiger partial charge in [-0.05, 0) is 24.1 Å². The number of carbonyl (C=O) groups excluding carboxylic acids is 1. The van der Waals surface area contributed by atoms with E-state index in [9.17, 15) is 4.79 Å². The highest BCUT2D eigenvalue weighted by Crippen LogP contribution is 2.12. The Morgan fingerprint density at radius 1 is 1.04 bits per heavy atom. The Hall–Kier alpha value is -1.91. The highest BCUT2D eigenvalue weighted by molar-refractivity contribution is 6.29. The van der Waals surface area contributed by atoms with E-state index in [1.54, 1.807) is 18.3 Å². The molecule has 120 valence electrons. The number of hydrogen-bond acceptors (Lipinski definition) is 3. The predicted molar refractivity (Wildman–Crippen MR) is 91.5 cm³/mol. The molecular weight excluding hydrogens is 310 g/mol. The average Bonchev–Trinajstić information content (AvgIpc) is 2.81. The first-order valence-corrected chi connectivity index (χ1v) is 8.27. The molecule has 2 heterocycles. The van der Waals surface area contributed by atoms with E-state index in [-0.39, 0.29) is 5.91 Å². The molecule has 1 fully saturated rings. The zero-order chi connectivity index (χ0) is 16.1. The van der Waals surface area contributed by atoms with Gasteiger partial charge < -0.3 is 4.90 Å². The third kappa shape index (κ3) is 4.30. The number of rotatable bonds is 3. The first kappa shape index (κ1) is 16.0. The number of carbonyl (C=O) groups is 1. The minimum atomic E-state index is 0.0377. The van der Waals surface area contributed by atoms with Gasteiger partial charge in [0.25, 0.3) is 5.91 Å². The topological polar surface area (TPSA) is 36.4 Å². The molecule has 4 nitrogen and oxygen atoms in total. The number of aromatic nitrogens is 1. The van der Waals surface area contributed by atoms with Gasteiger partial charge in [0.05, 0.1) is 5.56 Å². The molecule has 0 N–H and O–H groups in total. The molecular formula is C18H20ClN3O. The van der Waals surface area contributed by atoms with E-state index in [1.165, 1.54) is 5.56 Å². The summed E-state index contributed by atoms with van der Waals surface area (Å²) in [5.41, 5.74) is 1.92. The molecule has 0 spiro atoms. The van der Waals surface area contributed by atoms with Crippen LogP contribution in [0, 0.1) is 0 Å². The smallest absolute Gasteiger partial charge is 0.255 e. The van der Waals surface area contributed by atoms with Gasteiger partial charge in [-0.25, -0.2) is 4.98 Å². The molecule has 1 aromatic carbocycles. The van der Waals surface area contributed by atoms with Gasteiger partial charge >= 0.3 is 0 Å². The largest absolute Gasteiger partial charge is 0.337 e. The monoisotopic (exact) mass is 329 g/mol. The van der Waals surface area contributed by atoms with Crippen molar-refractivity contribution in [3.8, 4) is 0 Å². The molecule has 2 aromatic rings. The molecule has 0 atom stereocenters. The van der Waals surface area contributed by atoms with Crippen LogP contribution in [-0.2, 0) is 6.54 Å². The summed E-state index contributed by atoms with van der Waals surface area (Å²) in [6.45, 7) is 4.37. The summed E-state index contributed by atoms with van der Waals surface area (Å²) in [5, 5.41) is 0.409. The number of hydrogen-bond donors (Lipinski definition) is 0. The molecule has 1 saturated heterocycles. The van der Waals surface area contributed by atoms with Crippen molar-refractivity contribution in [2.24, 2.45) is 0 Å². The second kappa shape index (κ2) is 7.57. The summed E-state index contributed by atoms with van der Waals surface area (Å²) in [7, 11) is 0. The first-order valence-electron chi connectivity index (χ1n) is 7.89. The van der Waals surface area contributed by atoms with E-state index in [0.717, 1.165) is 39.1 Å². The van der Waals surface area contributed by atoms with Crippen LogP contribution in [0.15, 0.2) is 48.7 Å². The van der Waals surface area contributed by atoms with Gasteiger partial charge in [0.15, 0.2) is 0 Å². The van der Waals surface area contributed by atoms with Gasteiger partial charge in [-0.15, -0.1) is 0 Å². The van der Waals surface area contributed by atoms with Gasteiger partial charge in [0.2, 0.25) is 0 Å². The van der Waals surface area contributed by atoms with E-state index < -0.39 is 0 Å². The van der Waals surface area contributed by atoms with E-state index in [4.69, 9.17) is 11.6 Å². The lowest BCUT2D eigenvalue weighted by atomic mass is 10.2. The fourth-order valence-electron chi connectivity index (χ4n) is 2.86. The zero-order valence-electron chi connectivity index (χ0n) is 13.0. The molecule has 0 unspecified atom stereocenters. The van der Waals surface area contributed by atoms with E-state index in [0.29, 0.717) is 10.7 Å². The van der Waals surface area contributed by atoms with Crippen molar-refractivity contribution < 1.29 is 4.79 Å². The Bertz CT molecular complexity index is 645. The van der Waals surface area contributed by atoms with E-state index in [1.807, 2.05) is 11.0 Å². The highest BCUT2D eigenvalue weighted by atomic mass is 35.5. The van der Waals surface area contributed by atoms with Crippen LogP contribution in [0.4, 0.5) is 0 Å². The SMILES string of the molecule is O=C(c1ccc(Cl)nc1)N1CCCN(Cc2ccccc2)CC1. The van der Waals surface area contributed by atoms with Crippen molar-refractivity contribution in [1.29, 1.82) is 0 Å². The van der Waals surface area contributed by atoms with Crippen LogP contribution in [0.25, 0.3) is 0 Å². The maximum absolute atomic E-state index is 12.6. The molecule has 3 rings (SSSR count). The van der Waals surface area contributed by atoms with Crippen molar-refractivity contribution >= 4 is 17.5 Å². The van der Waals surface area contributed by atoms with Crippen LogP contribution >= 0.6 is 11.6 Å². The molecule has 1 amide bonds. The van der Waals surface area contributed by atoms with Crippen molar-refractivity contribution in [2.45, 2.75) is 13.0 Å². The first-order chi connectivity index (χ1) is 11.2. The molecule has 1 aliphatic heterocycles. The molecule has 5 heteroatoms. The highest BCUT2D eigenvalue weighted by Gasteiger charge is 2.20. The third-order valence-corrected chi connectivity index (χ3v) is 4.32. The number of amides is 1. The minimum Gasteiger partial charge on any atom is -0.337 e. The number of pyridine rings is 1. The molecule has 0 aliphatic carbocycles. The van der Waals surface area contributed by atoms with Crippen molar-refractivity contribution in [3.05, 3.63) is 64.9 Å². The maximum Gasteiger partial charge on any atom is 0.255 e. The van der Waals surface area contributed by atoms with E-state index >= 15 is 0 Å². The number of nitrogens with zero attached hydrogens (tertiary/aromatic N) is 3. The average molecular weight is 330 g/mol. The summed E-state index contributed by atoms with van der Waals surface area (Å²) < 4.78 is 0. The number of halogens is 1. The van der Waals surface area contributed by atoms with Gasteiger partial charge in [0, 0.05) is 38.9 Å². The van der Waals surface area contributed by atoms with Crippen LogP contribution in [0.2, 0.25) is 5.15 Å². The Balaban J connectivity index is 1.59. The van der Waals surface area contributed by atoms with Gasteiger partial charge in [-0.3, -0.25) is 9.69 Å². The van der Waals surface area contributed by atoms with Crippen LogP contribution in [0.3, 0.4) is 0 Å². The molecule has 23 heavy (non-hydrogen) atoms. The summed E-state index contributed by atoms with van der Waals surface area (Å²) in [6, 6.07) is 13.9. The molecule has 0 radical (unpaired) electrons. The molecule has 1 aromatic heterocycles. The fraction of sp³-hybridized carbons (Fsp3) is 0.333. The van der Waals surface area contributed by atoms with Crippen molar-refractivity contribution in [2.75, 3.05) is 26.2 Å². The Morgan fingerprint density at radius 2 is 1.87 bits per heavy atom. The fourth-order valence-corrected chi connectivity index (χ4v) is 2.97. The minimum absolute atomic E-state index is 0.0377. The molecule has 1 aliphatic rings. The zero-order valence-corrected chi connectivity index (χ0v) is 13.7. The normalized spacial score (nSPS) is 16.1. The number of benzene rings is 1. The predicted octanol–water partition coefficient (Wildman–Crippen LogP) is 3.08. The van der Waals surface area contributed by atoms with Gasteiger partial charge in [-0.1, -0.05) is 41.9 Å². The second-order valence-corrected chi connectivity index (χ2v) is 6.16. The standard InChI is InChI=1S/C18H20ClN3O/c19-17-8-7-16(13-20-17)18(23)22-10-4-9-21(11-12-22)14-15-5-2-1-3-6-15/h1-3,5-8,13H,4,9-12,14H2. The lowest BCUT2D eigenvalue weighted by Crippen LogP contribution is -2.35. The quantitative estimate of drug-likeness (QED) is 0.812. The van der Waals surface area contributed by atoms with Crippen molar-refractivity contribution in [1.82, 2.24) is 14.8 Å². The van der Waals surface area contributed by atoms with E-state index in [2.05, 4.69) is 34.1 Å². The second-order valence-electron chi connectivity index (χ2n) is 5.78. The summed E-state index contributed by atoms with van der Waals surface area (Å²) in [5.74, 6) is 0.0377. The van der Waals surface area contributed by atoms with Crippen LogP contribution in [-0.4, -0.2) is 46.9 Å². The Morgan fingerprint density at radius 3 is 2.61 bits per heavy atom. The third-order valence-electron chi connectivity index (χ3n) is 4.10. The Labute approximate surface area is 141 Å². The van der Waals surface area contributed by atoms with Gasteiger partial charge in [-0.2, -0.15) is 0 Å². The lowest BCUT2D eigenvalue weighted by Gasteiger charge is -2.22. The maximum atomic E-state index is 12.6. The summed E-state index contributed by atoms with van der Waals surface area (Å²) >= 11 is 5.78. The molecule has 0 bridgehead atoms. The van der Waals surface area contributed by atoms with Crippen LogP contribution in [0.5, 0.6) is 0 Å². The summed E-state index contributed by atoms with van der Waals surface area (Å²) in [4.78, 5) is 20.9. The van der Waals surface area contributed by atoms with Crippen LogP contribution in [0.1, 0.15) is 22.3 Å². The van der Waals surface area contributed by atoms with Crippen molar-refractivity contribution in [3.63, 3.8) is 0 Å². The summed E-state index contributed by atoms with van der Waals surface area (Å²) in [6.07, 6.45) is 2.54. The molecule has 0 saturated carbocycles.